The van der Waals surface area contributed by atoms with Crippen LogP contribution >= 0.6 is 0 Å². The van der Waals surface area contributed by atoms with E-state index in [1.54, 1.807) is 6.07 Å². The molecule has 5 nitrogen and oxygen atoms in total. The van der Waals surface area contributed by atoms with Crippen molar-refractivity contribution in [3.05, 3.63) is 30.0 Å². The minimum atomic E-state index is -0.678. The number of benzene rings is 1. The van der Waals surface area contributed by atoms with Crippen molar-refractivity contribution in [1.29, 1.82) is 0 Å². The molecule has 1 aromatic carbocycles. The Morgan fingerprint density at radius 2 is 1.68 bits per heavy atom. The lowest BCUT2D eigenvalue weighted by Gasteiger charge is -2.32. The van der Waals surface area contributed by atoms with Crippen LogP contribution < -0.4 is 5.46 Å². The first-order valence-corrected chi connectivity index (χ1v) is 7.22. The molecule has 22 heavy (non-hydrogen) atoms. The van der Waals surface area contributed by atoms with Gasteiger partial charge in [-0.25, -0.2) is 4.79 Å². The van der Waals surface area contributed by atoms with Crippen molar-refractivity contribution >= 4 is 29.5 Å². The van der Waals surface area contributed by atoms with E-state index in [2.05, 4.69) is 0 Å². The molecule has 2 aromatic rings. The van der Waals surface area contributed by atoms with E-state index >= 15 is 0 Å². The van der Waals surface area contributed by atoms with Gasteiger partial charge in [-0.3, -0.25) is 0 Å². The number of furan rings is 1. The monoisotopic (exact) mass is 302 g/mol. The van der Waals surface area contributed by atoms with Crippen LogP contribution in [0, 0.1) is 0 Å². The highest BCUT2D eigenvalue weighted by Gasteiger charge is 2.53. The minimum Gasteiger partial charge on any atom is -0.463 e. The molecule has 6 heteroatoms. The van der Waals surface area contributed by atoms with E-state index in [9.17, 15) is 4.79 Å². The molecule has 0 radical (unpaired) electrons. The molecule has 0 bridgehead atoms. The predicted octanol–water partition coefficient (Wildman–Crippen LogP) is 2.52. The fraction of sp³-hybridized carbons (Fsp3) is 0.438. The van der Waals surface area contributed by atoms with Crippen molar-refractivity contribution in [3.63, 3.8) is 0 Å². The third kappa shape index (κ3) is 2.14. The SMILES string of the molecule is COC(=O)c1oc2ccccc2c1B1OC(C)(C)C(C)(C)O1. The van der Waals surface area contributed by atoms with Crippen LogP contribution in [0.4, 0.5) is 0 Å². The zero-order valence-electron chi connectivity index (χ0n) is 13.4. The number of hydrogen-bond acceptors (Lipinski definition) is 5. The van der Waals surface area contributed by atoms with E-state index in [0.717, 1.165) is 5.39 Å². The Kier molecular flexibility index (Phi) is 3.34. The molecule has 1 aromatic heterocycles. The van der Waals surface area contributed by atoms with Crippen molar-refractivity contribution in [2.24, 2.45) is 0 Å². The molecule has 1 saturated heterocycles. The van der Waals surface area contributed by atoms with Gasteiger partial charge in [0.2, 0.25) is 5.76 Å². The van der Waals surface area contributed by atoms with Crippen LogP contribution in [0.3, 0.4) is 0 Å². The van der Waals surface area contributed by atoms with Crippen molar-refractivity contribution in [3.8, 4) is 0 Å². The van der Waals surface area contributed by atoms with Gasteiger partial charge in [0.1, 0.15) is 5.58 Å². The third-order valence-electron chi connectivity index (χ3n) is 4.49. The number of fused-ring (bicyclic) bond motifs is 1. The molecule has 0 spiro atoms. The summed E-state index contributed by atoms with van der Waals surface area (Å²) >= 11 is 0. The first-order valence-electron chi connectivity index (χ1n) is 7.22. The zero-order valence-corrected chi connectivity index (χ0v) is 13.4. The molecule has 0 unspecified atom stereocenters. The van der Waals surface area contributed by atoms with Crippen molar-refractivity contribution in [2.75, 3.05) is 7.11 Å². The summed E-state index contributed by atoms with van der Waals surface area (Å²) in [6, 6.07) is 7.41. The van der Waals surface area contributed by atoms with Crippen LogP contribution in [0.15, 0.2) is 28.7 Å². The molecular weight excluding hydrogens is 283 g/mol. The Morgan fingerprint density at radius 3 is 2.27 bits per heavy atom. The van der Waals surface area contributed by atoms with Gasteiger partial charge in [-0.15, -0.1) is 0 Å². The molecule has 0 N–H and O–H groups in total. The lowest BCUT2D eigenvalue weighted by molar-refractivity contribution is 0.00578. The summed E-state index contributed by atoms with van der Waals surface area (Å²) in [5.41, 5.74) is 0.195. The molecule has 0 aliphatic carbocycles. The minimum absolute atomic E-state index is 0.127. The highest BCUT2D eigenvalue weighted by Crippen LogP contribution is 2.37. The standard InChI is InChI=1S/C16H19BO5/c1-15(2)16(3,4)22-17(21-15)12-10-8-6-7-9-11(10)20-13(12)14(18)19-5/h6-9H,1-5H3. The van der Waals surface area contributed by atoms with Crippen LogP contribution in [0.1, 0.15) is 38.2 Å². The number of hydrogen-bond donors (Lipinski definition) is 0. The largest absolute Gasteiger partial charge is 0.499 e. The number of ether oxygens (including phenoxy) is 1. The Balaban J connectivity index is 2.16. The molecule has 1 aliphatic heterocycles. The van der Waals surface area contributed by atoms with Gasteiger partial charge in [0.25, 0.3) is 0 Å². The topological polar surface area (TPSA) is 57.9 Å². The summed E-state index contributed by atoms with van der Waals surface area (Å²) in [6.07, 6.45) is 0. The number of para-hydroxylation sites is 1. The van der Waals surface area contributed by atoms with Crippen LogP contribution in [0.25, 0.3) is 11.0 Å². The van der Waals surface area contributed by atoms with E-state index < -0.39 is 24.3 Å². The second kappa shape index (κ2) is 4.86. The molecule has 3 rings (SSSR count). The Hall–Kier alpha value is -1.79. The van der Waals surface area contributed by atoms with E-state index in [1.165, 1.54) is 7.11 Å². The number of rotatable bonds is 2. The smallest absolute Gasteiger partial charge is 0.463 e. The molecule has 1 fully saturated rings. The fourth-order valence-electron chi connectivity index (χ4n) is 2.50. The van der Waals surface area contributed by atoms with Crippen molar-refractivity contribution in [1.82, 2.24) is 0 Å². The van der Waals surface area contributed by atoms with E-state index in [4.69, 9.17) is 18.5 Å². The second-order valence-corrected chi connectivity index (χ2v) is 6.42. The summed E-state index contributed by atoms with van der Waals surface area (Å²) in [4.78, 5) is 12.1. The fourth-order valence-corrected chi connectivity index (χ4v) is 2.50. The highest BCUT2D eigenvalue weighted by molar-refractivity contribution is 6.66. The van der Waals surface area contributed by atoms with Crippen molar-refractivity contribution < 1.29 is 23.3 Å². The summed E-state index contributed by atoms with van der Waals surface area (Å²) in [5, 5.41) is 0.793. The molecule has 1 aliphatic rings. The predicted molar refractivity (Wildman–Crippen MR) is 83.3 cm³/mol. The average molecular weight is 302 g/mol. The van der Waals surface area contributed by atoms with Gasteiger partial charge in [0.15, 0.2) is 0 Å². The second-order valence-electron chi connectivity index (χ2n) is 6.42. The first kappa shape index (κ1) is 15.1. The van der Waals surface area contributed by atoms with Crippen molar-refractivity contribution in [2.45, 2.75) is 38.9 Å². The van der Waals surface area contributed by atoms with Gasteiger partial charge in [-0.2, -0.15) is 0 Å². The average Bonchev–Trinajstić information content (AvgIpc) is 2.93. The molecule has 2 heterocycles. The Labute approximate surface area is 129 Å². The highest BCUT2D eigenvalue weighted by atomic mass is 16.7. The number of esters is 1. The molecule has 0 atom stereocenters. The lowest BCUT2D eigenvalue weighted by Crippen LogP contribution is -2.41. The normalized spacial score (nSPS) is 19.6. The first-order chi connectivity index (χ1) is 10.3. The molecule has 0 amide bonds. The molecular formula is C16H19BO5. The molecule has 0 saturated carbocycles. The number of carbonyl (C=O) groups excluding carboxylic acids is 1. The van der Waals surface area contributed by atoms with E-state index in [0.29, 0.717) is 11.0 Å². The lowest BCUT2D eigenvalue weighted by atomic mass is 9.76. The van der Waals surface area contributed by atoms with Gasteiger partial charge in [-0.05, 0) is 33.8 Å². The van der Waals surface area contributed by atoms with Gasteiger partial charge < -0.3 is 18.5 Å². The number of carbonyl (C=O) groups is 1. The third-order valence-corrected chi connectivity index (χ3v) is 4.49. The Bertz CT molecular complexity index is 715. The van der Waals surface area contributed by atoms with Crippen LogP contribution in [-0.2, 0) is 14.0 Å². The maximum absolute atomic E-state index is 12.1. The maximum atomic E-state index is 12.1. The van der Waals surface area contributed by atoms with Gasteiger partial charge in [0, 0.05) is 10.8 Å². The van der Waals surface area contributed by atoms with E-state index in [-0.39, 0.29) is 5.76 Å². The van der Waals surface area contributed by atoms with Crippen LogP contribution in [0.2, 0.25) is 0 Å². The zero-order chi connectivity index (χ0) is 16.1. The number of methoxy groups -OCH3 is 1. The van der Waals surface area contributed by atoms with E-state index in [1.807, 2.05) is 45.9 Å². The van der Waals surface area contributed by atoms with Gasteiger partial charge >= 0.3 is 13.1 Å². The molecule has 116 valence electrons. The quantitative estimate of drug-likeness (QED) is 0.630. The van der Waals surface area contributed by atoms with Crippen LogP contribution in [-0.4, -0.2) is 31.4 Å². The summed E-state index contributed by atoms with van der Waals surface area (Å²) in [5.74, 6) is -0.414. The van der Waals surface area contributed by atoms with Crippen LogP contribution in [0.5, 0.6) is 0 Å². The van der Waals surface area contributed by atoms with Gasteiger partial charge in [-0.1, -0.05) is 18.2 Å². The Morgan fingerprint density at radius 1 is 1.09 bits per heavy atom. The summed E-state index contributed by atoms with van der Waals surface area (Å²) < 4.78 is 22.6. The summed E-state index contributed by atoms with van der Waals surface area (Å²) in [6.45, 7) is 7.86. The van der Waals surface area contributed by atoms with Gasteiger partial charge in [0.05, 0.1) is 18.3 Å². The summed E-state index contributed by atoms with van der Waals surface area (Å²) in [7, 11) is 0.645. The maximum Gasteiger partial charge on any atom is 0.499 e.